The van der Waals surface area contributed by atoms with Crippen LogP contribution in [0, 0.1) is 0 Å². The molecule has 22 heavy (non-hydrogen) atoms. The zero-order valence-corrected chi connectivity index (χ0v) is 13.4. The monoisotopic (exact) mass is 298 g/mol. The summed E-state index contributed by atoms with van der Waals surface area (Å²) >= 11 is 0. The van der Waals surface area contributed by atoms with Crippen molar-refractivity contribution < 1.29 is 4.79 Å². The fraction of sp³-hybridized carbons (Fsp3) is 0.421. The number of carbonyl (C=O) groups is 1. The van der Waals surface area contributed by atoms with Crippen molar-refractivity contribution in [1.82, 2.24) is 10.6 Å². The summed E-state index contributed by atoms with van der Waals surface area (Å²) in [6, 6.07) is 13.8. The van der Waals surface area contributed by atoms with Crippen LogP contribution in [0.5, 0.6) is 0 Å². The SMILES string of the molecule is C1CCNC1.CCCCNC(=O)c1cccc2ccccc12. The van der Waals surface area contributed by atoms with E-state index in [1.807, 2.05) is 42.5 Å². The van der Waals surface area contributed by atoms with Gasteiger partial charge in [-0.3, -0.25) is 4.79 Å². The van der Waals surface area contributed by atoms with Crippen LogP contribution in [0.4, 0.5) is 0 Å². The maximum Gasteiger partial charge on any atom is 0.251 e. The molecule has 0 saturated carbocycles. The topological polar surface area (TPSA) is 41.1 Å². The first kappa shape index (κ1) is 16.5. The molecule has 3 rings (SSSR count). The summed E-state index contributed by atoms with van der Waals surface area (Å²) in [4.78, 5) is 12.0. The van der Waals surface area contributed by atoms with Gasteiger partial charge in [0.1, 0.15) is 0 Å². The third-order valence-electron chi connectivity index (χ3n) is 3.81. The van der Waals surface area contributed by atoms with Gasteiger partial charge in [-0.2, -0.15) is 0 Å². The highest BCUT2D eigenvalue weighted by Gasteiger charge is 2.08. The number of rotatable bonds is 4. The second kappa shape index (κ2) is 9.21. The third kappa shape index (κ3) is 4.85. The Bertz CT molecular complexity index is 578. The Labute approximate surface area is 133 Å². The quantitative estimate of drug-likeness (QED) is 0.844. The molecular formula is C19H26N2O. The van der Waals surface area contributed by atoms with Gasteiger partial charge in [0.05, 0.1) is 0 Å². The highest BCUT2D eigenvalue weighted by molar-refractivity contribution is 6.06. The van der Waals surface area contributed by atoms with Crippen LogP contribution in [0.15, 0.2) is 42.5 Å². The Kier molecular flexibility index (Phi) is 6.91. The van der Waals surface area contributed by atoms with E-state index in [0.29, 0.717) is 0 Å². The first-order chi connectivity index (χ1) is 10.8. The van der Waals surface area contributed by atoms with Crippen molar-refractivity contribution in [2.75, 3.05) is 19.6 Å². The second-order valence-electron chi connectivity index (χ2n) is 5.59. The van der Waals surface area contributed by atoms with Crippen LogP contribution in [0.25, 0.3) is 10.8 Å². The van der Waals surface area contributed by atoms with Crippen molar-refractivity contribution in [3.05, 3.63) is 48.0 Å². The van der Waals surface area contributed by atoms with Gasteiger partial charge in [0.15, 0.2) is 0 Å². The minimum Gasteiger partial charge on any atom is -0.352 e. The van der Waals surface area contributed by atoms with Crippen molar-refractivity contribution in [3.63, 3.8) is 0 Å². The number of carbonyl (C=O) groups excluding carboxylic acids is 1. The zero-order chi connectivity index (χ0) is 15.6. The summed E-state index contributed by atoms with van der Waals surface area (Å²) in [5, 5.41) is 8.30. The lowest BCUT2D eigenvalue weighted by Crippen LogP contribution is -2.24. The number of unbranched alkanes of at least 4 members (excludes halogenated alkanes) is 1. The second-order valence-corrected chi connectivity index (χ2v) is 5.59. The van der Waals surface area contributed by atoms with Gasteiger partial charge in [-0.15, -0.1) is 0 Å². The van der Waals surface area contributed by atoms with Gasteiger partial charge >= 0.3 is 0 Å². The van der Waals surface area contributed by atoms with Gasteiger partial charge < -0.3 is 10.6 Å². The van der Waals surface area contributed by atoms with E-state index in [1.165, 1.54) is 25.9 Å². The molecule has 0 bridgehead atoms. The van der Waals surface area contributed by atoms with Crippen molar-refractivity contribution in [2.45, 2.75) is 32.6 Å². The van der Waals surface area contributed by atoms with Gasteiger partial charge in [-0.25, -0.2) is 0 Å². The van der Waals surface area contributed by atoms with Gasteiger partial charge in [-0.05, 0) is 49.2 Å². The molecule has 0 radical (unpaired) electrons. The van der Waals surface area contributed by atoms with E-state index in [1.54, 1.807) is 0 Å². The van der Waals surface area contributed by atoms with E-state index in [-0.39, 0.29) is 5.91 Å². The highest BCUT2D eigenvalue weighted by Crippen LogP contribution is 2.18. The normalized spacial score (nSPS) is 13.5. The average Bonchev–Trinajstić information content (AvgIpc) is 3.14. The summed E-state index contributed by atoms with van der Waals surface area (Å²) in [6.07, 6.45) is 4.90. The van der Waals surface area contributed by atoms with Gasteiger partial charge in [0.2, 0.25) is 0 Å². The fourth-order valence-corrected chi connectivity index (χ4v) is 2.52. The zero-order valence-electron chi connectivity index (χ0n) is 13.4. The van der Waals surface area contributed by atoms with Crippen LogP contribution in [-0.2, 0) is 0 Å². The number of nitrogens with one attached hydrogen (secondary N) is 2. The lowest BCUT2D eigenvalue weighted by atomic mass is 10.0. The van der Waals surface area contributed by atoms with E-state index >= 15 is 0 Å². The van der Waals surface area contributed by atoms with E-state index in [9.17, 15) is 4.79 Å². The van der Waals surface area contributed by atoms with E-state index in [2.05, 4.69) is 17.6 Å². The minimum absolute atomic E-state index is 0.0234. The van der Waals surface area contributed by atoms with E-state index in [0.717, 1.165) is 35.7 Å². The molecule has 3 heteroatoms. The first-order valence-corrected chi connectivity index (χ1v) is 8.29. The standard InChI is InChI=1S/C15H17NO.C4H9N/c1-2-3-11-16-15(17)14-10-6-8-12-7-4-5-9-13(12)14;1-2-4-5-3-1/h4-10H,2-3,11H2,1H3,(H,16,17);5H,1-4H2. The molecule has 0 atom stereocenters. The third-order valence-corrected chi connectivity index (χ3v) is 3.81. The van der Waals surface area contributed by atoms with Crippen molar-refractivity contribution >= 4 is 16.7 Å². The Morgan fingerprint density at radius 2 is 1.82 bits per heavy atom. The molecule has 2 aromatic rings. The summed E-state index contributed by atoms with van der Waals surface area (Å²) in [5.74, 6) is 0.0234. The van der Waals surface area contributed by atoms with Crippen LogP contribution >= 0.6 is 0 Å². The molecule has 3 nitrogen and oxygen atoms in total. The molecule has 1 saturated heterocycles. The number of hydrogen-bond acceptors (Lipinski definition) is 2. The largest absolute Gasteiger partial charge is 0.352 e. The molecule has 0 aliphatic carbocycles. The van der Waals surface area contributed by atoms with Gasteiger partial charge in [0, 0.05) is 12.1 Å². The summed E-state index contributed by atoms with van der Waals surface area (Å²) in [5.41, 5.74) is 0.763. The Hall–Kier alpha value is -1.87. The van der Waals surface area contributed by atoms with Gasteiger partial charge in [-0.1, -0.05) is 49.7 Å². The fourth-order valence-electron chi connectivity index (χ4n) is 2.52. The lowest BCUT2D eigenvalue weighted by Gasteiger charge is -2.07. The first-order valence-electron chi connectivity index (χ1n) is 8.29. The highest BCUT2D eigenvalue weighted by atomic mass is 16.1. The molecule has 0 spiro atoms. The van der Waals surface area contributed by atoms with Crippen LogP contribution < -0.4 is 10.6 Å². The Morgan fingerprint density at radius 1 is 1.09 bits per heavy atom. The molecule has 0 aromatic heterocycles. The lowest BCUT2D eigenvalue weighted by molar-refractivity contribution is 0.0955. The number of amides is 1. The minimum atomic E-state index is 0.0234. The molecule has 1 amide bonds. The molecule has 118 valence electrons. The molecule has 1 fully saturated rings. The molecule has 1 heterocycles. The van der Waals surface area contributed by atoms with E-state index in [4.69, 9.17) is 0 Å². The van der Waals surface area contributed by atoms with E-state index < -0.39 is 0 Å². The summed E-state index contributed by atoms with van der Waals surface area (Å²) in [7, 11) is 0. The van der Waals surface area contributed by atoms with Gasteiger partial charge in [0.25, 0.3) is 5.91 Å². The predicted molar refractivity (Wildman–Crippen MR) is 93.3 cm³/mol. The summed E-state index contributed by atoms with van der Waals surface area (Å²) < 4.78 is 0. The number of hydrogen-bond donors (Lipinski definition) is 2. The molecule has 2 N–H and O–H groups in total. The molecule has 2 aromatic carbocycles. The summed E-state index contributed by atoms with van der Waals surface area (Å²) in [6.45, 7) is 5.36. The number of fused-ring (bicyclic) bond motifs is 1. The van der Waals surface area contributed by atoms with Crippen molar-refractivity contribution in [3.8, 4) is 0 Å². The van der Waals surface area contributed by atoms with Crippen LogP contribution in [0.2, 0.25) is 0 Å². The molecule has 1 aliphatic heterocycles. The van der Waals surface area contributed by atoms with Crippen molar-refractivity contribution in [2.24, 2.45) is 0 Å². The predicted octanol–water partition coefficient (Wildman–Crippen LogP) is 3.74. The van der Waals surface area contributed by atoms with Crippen LogP contribution in [0.1, 0.15) is 43.0 Å². The molecule has 1 aliphatic rings. The maximum atomic E-state index is 12.0. The van der Waals surface area contributed by atoms with Crippen LogP contribution in [0.3, 0.4) is 0 Å². The van der Waals surface area contributed by atoms with Crippen LogP contribution in [-0.4, -0.2) is 25.5 Å². The Balaban J connectivity index is 0.000000299. The Morgan fingerprint density at radius 3 is 2.50 bits per heavy atom. The average molecular weight is 298 g/mol. The van der Waals surface area contributed by atoms with Crippen molar-refractivity contribution in [1.29, 1.82) is 0 Å². The molecule has 0 unspecified atom stereocenters. The number of benzene rings is 2. The molecular weight excluding hydrogens is 272 g/mol. The maximum absolute atomic E-state index is 12.0. The smallest absolute Gasteiger partial charge is 0.251 e.